The molecule has 2 aromatic carbocycles. The second-order valence-electron chi connectivity index (χ2n) is 4.34. The van der Waals surface area contributed by atoms with Crippen molar-refractivity contribution in [2.24, 2.45) is 0 Å². The lowest BCUT2D eigenvalue weighted by Crippen LogP contribution is -1.93. The number of nitrogens with one attached hydrogen (secondary N) is 2. The Kier molecular flexibility index (Phi) is 3.12. The van der Waals surface area contributed by atoms with Crippen molar-refractivity contribution in [2.75, 3.05) is 18.2 Å². The third-order valence-corrected chi connectivity index (χ3v) is 3.23. The van der Waals surface area contributed by atoms with Crippen LogP contribution < -0.4 is 15.8 Å². The predicted molar refractivity (Wildman–Crippen MR) is 81.8 cm³/mol. The highest BCUT2D eigenvalue weighted by atomic mass is 35.5. The van der Waals surface area contributed by atoms with Crippen molar-refractivity contribution >= 4 is 40.0 Å². The van der Waals surface area contributed by atoms with E-state index >= 15 is 0 Å². The Morgan fingerprint density at radius 3 is 2.90 bits per heavy atom. The number of nitrogens with zero attached hydrogens (tertiary/aromatic N) is 1. The summed E-state index contributed by atoms with van der Waals surface area (Å²) in [5, 5.41) is 3.73. The second-order valence-corrected chi connectivity index (χ2v) is 4.74. The second kappa shape index (κ2) is 4.94. The van der Waals surface area contributed by atoms with Gasteiger partial charge in [-0.15, -0.1) is 0 Å². The number of ether oxygens (including phenoxy) is 1. The van der Waals surface area contributed by atoms with Crippen molar-refractivity contribution in [2.45, 2.75) is 0 Å². The van der Waals surface area contributed by atoms with Crippen molar-refractivity contribution in [3.8, 4) is 5.75 Å². The highest BCUT2D eigenvalue weighted by Crippen LogP contribution is 2.29. The highest BCUT2D eigenvalue weighted by Gasteiger charge is 2.06. The third-order valence-electron chi connectivity index (χ3n) is 2.92. The molecule has 4 N–H and O–H groups in total. The number of aromatic nitrogens is 2. The largest absolute Gasteiger partial charge is 0.495 e. The zero-order chi connectivity index (χ0) is 14.1. The van der Waals surface area contributed by atoms with Gasteiger partial charge in [0.1, 0.15) is 5.75 Å². The first-order chi connectivity index (χ1) is 9.65. The van der Waals surface area contributed by atoms with Crippen LogP contribution in [0.25, 0.3) is 11.0 Å². The van der Waals surface area contributed by atoms with Gasteiger partial charge in [-0.25, -0.2) is 4.98 Å². The minimum atomic E-state index is 0.565. The maximum atomic E-state index is 5.99. The molecule has 0 amide bonds. The van der Waals surface area contributed by atoms with E-state index in [-0.39, 0.29) is 0 Å². The van der Waals surface area contributed by atoms with Gasteiger partial charge in [0.15, 0.2) is 0 Å². The molecule has 3 rings (SSSR count). The van der Waals surface area contributed by atoms with Crippen molar-refractivity contribution in [3.63, 3.8) is 0 Å². The number of nitrogen functional groups attached to an aromatic ring is 1. The fraction of sp³-hybridized carbons (Fsp3) is 0.0714. The summed E-state index contributed by atoms with van der Waals surface area (Å²) >= 11 is 5.99. The van der Waals surface area contributed by atoms with E-state index in [1.54, 1.807) is 13.2 Å². The number of benzene rings is 2. The van der Waals surface area contributed by atoms with Crippen molar-refractivity contribution in [1.29, 1.82) is 0 Å². The minimum Gasteiger partial charge on any atom is -0.495 e. The van der Waals surface area contributed by atoms with Crippen LogP contribution in [0.5, 0.6) is 5.75 Å². The van der Waals surface area contributed by atoms with Crippen LogP contribution >= 0.6 is 11.6 Å². The van der Waals surface area contributed by atoms with E-state index < -0.39 is 0 Å². The Labute approximate surface area is 120 Å². The summed E-state index contributed by atoms with van der Waals surface area (Å²) in [6.07, 6.45) is 0. The van der Waals surface area contributed by atoms with Crippen LogP contribution in [0, 0.1) is 0 Å². The lowest BCUT2D eigenvalue weighted by Gasteiger charge is -2.06. The van der Waals surface area contributed by atoms with Crippen LogP contribution in [0.3, 0.4) is 0 Å². The Morgan fingerprint density at radius 2 is 2.10 bits per heavy atom. The number of aromatic amines is 1. The minimum absolute atomic E-state index is 0.565. The van der Waals surface area contributed by atoms with E-state index in [4.69, 9.17) is 22.1 Å². The molecule has 0 saturated carbocycles. The molecule has 0 radical (unpaired) electrons. The topological polar surface area (TPSA) is 76.0 Å². The number of H-pyrrole nitrogens is 1. The molecule has 0 aliphatic heterocycles. The van der Waals surface area contributed by atoms with Crippen LogP contribution in [0.1, 0.15) is 0 Å². The van der Waals surface area contributed by atoms with Crippen molar-refractivity contribution in [1.82, 2.24) is 9.97 Å². The first-order valence-corrected chi connectivity index (χ1v) is 6.39. The molecule has 3 aromatic rings. The summed E-state index contributed by atoms with van der Waals surface area (Å²) < 4.78 is 5.18. The van der Waals surface area contributed by atoms with Crippen LogP contribution in [0.2, 0.25) is 5.02 Å². The molecule has 1 heterocycles. The SMILES string of the molecule is COc1cc(Nc2nc3ccc(N)cc3[nH]2)ccc1Cl. The number of fused-ring (bicyclic) bond motifs is 1. The maximum Gasteiger partial charge on any atom is 0.205 e. The van der Waals surface area contributed by atoms with Crippen LogP contribution in [-0.4, -0.2) is 17.1 Å². The normalized spacial score (nSPS) is 10.7. The van der Waals surface area contributed by atoms with Gasteiger partial charge in [-0.1, -0.05) is 11.6 Å². The van der Waals surface area contributed by atoms with Crippen LogP contribution in [0.15, 0.2) is 36.4 Å². The molecular weight excluding hydrogens is 276 g/mol. The molecule has 20 heavy (non-hydrogen) atoms. The monoisotopic (exact) mass is 288 g/mol. The van der Waals surface area contributed by atoms with Crippen molar-refractivity contribution < 1.29 is 4.74 Å². The van der Waals surface area contributed by atoms with Gasteiger partial charge in [-0.3, -0.25) is 0 Å². The van der Waals surface area contributed by atoms with Crippen molar-refractivity contribution in [3.05, 3.63) is 41.4 Å². The molecule has 0 saturated heterocycles. The lowest BCUT2D eigenvalue weighted by atomic mass is 10.3. The zero-order valence-corrected chi connectivity index (χ0v) is 11.5. The molecule has 5 nitrogen and oxygen atoms in total. The van der Waals surface area contributed by atoms with E-state index in [1.165, 1.54) is 0 Å². The molecule has 0 spiro atoms. The fourth-order valence-corrected chi connectivity index (χ4v) is 2.16. The summed E-state index contributed by atoms with van der Waals surface area (Å²) in [5.41, 5.74) is 9.00. The summed E-state index contributed by atoms with van der Waals surface area (Å²) in [4.78, 5) is 7.59. The first-order valence-electron chi connectivity index (χ1n) is 6.01. The van der Waals surface area contributed by atoms with E-state index in [1.807, 2.05) is 30.3 Å². The lowest BCUT2D eigenvalue weighted by molar-refractivity contribution is 0.415. The number of methoxy groups -OCH3 is 1. The number of nitrogens with two attached hydrogens (primary N) is 1. The fourth-order valence-electron chi connectivity index (χ4n) is 1.96. The number of rotatable bonds is 3. The van der Waals surface area contributed by atoms with Gasteiger partial charge in [0.25, 0.3) is 0 Å². The Bertz CT molecular complexity index is 769. The molecule has 0 bridgehead atoms. The van der Waals surface area contributed by atoms with E-state index in [9.17, 15) is 0 Å². The molecular formula is C14H13ClN4O. The average Bonchev–Trinajstić information content (AvgIpc) is 2.82. The van der Waals surface area contributed by atoms with Gasteiger partial charge < -0.3 is 20.8 Å². The summed E-state index contributed by atoms with van der Waals surface area (Å²) in [6, 6.07) is 11.0. The average molecular weight is 289 g/mol. The van der Waals surface area contributed by atoms with Gasteiger partial charge in [0, 0.05) is 17.4 Å². The summed E-state index contributed by atoms with van der Waals surface area (Å²) in [6.45, 7) is 0. The predicted octanol–water partition coefficient (Wildman–Crippen LogP) is 3.55. The first kappa shape index (κ1) is 12.6. The molecule has 0 unspecified atom stereocenters. The number of halogens is 1. The quantitative estimate of drug-likeness (QED) is 0.644. The van der Waals surface area contributed by atoms with Gasteiger partial charge in [0.05, 0.1) is 23.2 Å². The van der Waals surface area contributed by atoms with E-state index in [0.717, 1.165) is 16.7 Å². The summed E-state index contributed by atoms with van der Waals surface area (Å²) in [7, 11) is 1.58. The molecule has 0 fully saturated rings. The molecule has 0 aliphatic rings. The Morgan fingerprint density at radius 1 is 1.25 bits per heavy atom. The van der Waals surface area contributed by atoms with E-state index in [0.29, 0.717) is 22.4 Å². The van der Waals surface area contributed by atoms with Gasteiger partial charge >= 0.3 is 0 Å². The number of hydrogen-bond donors (Lipinski definition) is 3. The van der Waals surface area contributed by atoms with Gasteiger partial charge in [0.2, 0.25) is 5.95 Å². The number of anilines is 3. The smallest absolute Gasteiger partial charge is 0.205 e. The van der Waals surface area contributed by atoms with Crippen LogP contribution in [0.4, 0.5) is 17.3 Å². The Balaban J connectivity index is 1.92. The standard InChI is InChI=1S/C14H13ClN4O/c1-20-13-7-9(3-4-10(13)15)17-14-18-11-5-2-8(16)6-12(11)19-14/h2-7H,16H2,1H3,(H2,17,18,19). The summed E-state index contributed by atoms with van der Waals surface area (Å²) in [5.74, 6) is 1.24. The zero-order valence-electron chi connectivity index (χ0n) is 10.8. The van der Waals surface area contributed by atoms with E-state index in [2.05, 4.69) is 15.3 Å². The van der Waals surface area contributed by atoms with Crippen LogP contribution in [-0.2, 0) is 0 Å². The molecule has 0 atom stereocenters. The molecule has 0 aliphatic carbocycles. The number of imidazole rings is 1. The molecule has 102 valence electrons. The third kappa shape index (κ3) is 2.35. The van der Waals surface area contributed by atoms with Gasteiger partial charge in [-0.2, -0.15) is 0 Å². The number of hydrogen-bond acceptors (Lipinski definition) is 4. The Hall–Kier alpha value is -2.40. The molecule has 6 heteroatoms. The highest BCUT2D eigenvalue weighted by molar-refractivity contribution is 6.32. The molecule has 1 aromatic heterocycles. The van der Waals surface area contributed by atoms with Gasteiger partial charge in [-0.05, 0) is 30.3 Å². The maximum absolute atomic E-state index is 5.99.